The molecule has 21 heteroatoms. The number of ketones is 1. The van der Waals surface area contributed by atoms with Crippen molar-refractivity contribution in [2.75, 3.05) is 89.9 Å². The number of aromatic hydroxyl groups is 1. The van der Waals surface area contributed by atoms with Gasteiger partial charge in [-0.2, -0.15) is 0 Å². The molecule has 73 heavy (non-hydrogen) atoms. The van der Waals surface area contributed by atoms with Crippen molar-refractivity contribution in [2.45, 2.75) is 49.7 Å². The second kappa shape index (κ2) is 29.0. The summed E-state index contributed by atoms with van der Waals surface area (Å²) in [4.78, 5) is 79.4. The summed E-state index contributed by atoms with van der Waals surface area (Å²) in [6.45, 7) is 4.64. The highest BCUT2D eigenvalue weighted by Crippen LogP contribution is 2.42. The van der Waals surface area contributed by atoms with Gasteiger partial charge in [-0.25, -0.2) is 18.5 Å². The molecule has 1 saturated heterocycles. The Morgan fingerprint density at radius 2 is 1.38 bits per heavy atom. The molecule has 0 bridgehead atoms. The molecule has 0 spiro atoms. The minimum Gasteiger partial charge on any atom is -0.505 e. The number of hydrogen-bond donors (Lipinski definition) is 3. The van der Waals surface area contributed by atoms with Crippen LogP contribution < -0.4 is 15.6 Å². The minimum absolute atomic E-state index is 0.00426. The molecule has 0 aromatic heterocycles. The largest absolute Gasteiger partial charge is 0.505 e. The lowest BCUT2D eigenvalue weighted by atomic mass is 9.92. The number of nitrogens with one attached hydrogen (secondary N) is 1. The molecule has 3 aromatic carbocycles. The Morgan fingerprint density at radius 1 is 0.781 bits per heavy atom. The van der Waals surface area contributed by atoms with Gasteiger partial charge in [-0.05, 0) is 48.2 Å². The lowest BCUT2D eigenvalue weighted by molar-refractivity contribution is -0.142. The zero-order valence-corrected chi connectivity index (χ0v) is 40.9. The van der Waals surface area contributed by atoms with Crippen molar-refractivity contribution < 1.29 is 75.8 Å². The third kappa shape index (κ3) is 16.7. The summed E-state index contributed by atoms with van der Waals surface area (Å²) >= 11 is 0.890. The predicted molar refractivity (Wildman–Crippen MR) is 267 cm³/mol. The Balaban J connectivity index is 0.947. The van der Waals surface area contributed by atoms with E-state index in [4.69, 9.17) is 40.7 Å². The first-order chi connectivity index (χ1) is 35.3. The number of rotatable bonds is 33. The number of aliphatic carboxylic acids is 1. The number of halogens is 2. The number of nitrogens with zero attached hydrogens (tertiary/aromatic N) is 1. The number of amides is 3. The number of fused-ring (bicyclic) bond motifs is 2. The second-order valence-corrected chi connectivity index (χ2v) is 18.0. The lowest BCUT2D eigenvalue weighted by Crippen LogP contribution is -2.46. The first-order valence-corrected chi connectivity index (χ1v) is 24.8. The van der Waals surface area contributed by atoms with Crippen molar-refractivity contribution >= 4 is 65.7 Å². The van der Waals surface area contributed by atoms with Gasteiger partial charge in [-0.3, -0.25) is 24.0 Å². The smallest absolute Gasteiger partial charge is 0.327 e. The van der Waals surface area contributed by atoms with Gasteiger partial charge in [0.25, 0.3) is 0 Å². The topological polar surface area (TPSA) is 227 Å². The summed E-state index contributed by atoms with van der Waals surface area (Å²) in [6.07, 6.45) is 1.12. The van der Waals surface area contributed by atoms with E-state index in [1.165, 1.54) is 24.3 Å². The molecule has 2 heterocycles. The number of ether oxygens (including phenoxy) is 6. The summed E-state index contributed by atoms with van der Waals surface area (Å²) in [5, 5.41) is 21.9. The number of carbonyl (C=O) groups excluding carboxylic acids is 4. The van der Waals surface area contributed by atoms with Gasteiger partial charge < -0.3 is 48.4 Å². The van der Waals surface area contributed by atoms with Crippen LogP contribution in [0.4, 0.5) is 14.5 Å². The maximum Gasteiger partial charge on any atom is 0.327 e. The molecule has 3 atom stereocenters. The molecular weight excluding hydrogens is 973 g/mol. The first kappa shape index (κ1) is 56.2. The SMILES string of the molecule is [B]CCCOCCOCCOCCOCCOCCOCCC(=O)C[C@@H](Cc1ccccc1)C(=O)N[C@@H](CSC1CC(=O)N(c2ccc(-c3c4cc(F)c(=O)cc-4oc4cc(O)c(F)cc34)cc2)C1=O)C(=O)O. The summed E-state index contributed by atoms with van der Waals surface area (Å²) < 4.78 is 67.7. The van der Waals surface area contributed by atoms with E-state index in [1.807, 2.05) is 0 Å². The Kier molecular flexibility index (Phi) is 22.3. The maximum absolute atomic E-state index is 14.6. The molecule has 2 radical (unpaired) electrons. The van der Waals surface area contributed by atoms with Crippen LogP contribution >= 0.6 is 11.8 Å². The molecule has 1 aliphatic carbocycles. The average Bonchev–Trinajstić information content (AvgIpc) is 3.66. The minimum atomic E-state index is -1.48. The van der Waals surface area contributed by atoms with Gasteiger partial charge >= 0.3 is 5.97 Å². The molecule has 1 fully saturated rings. The fourth-order valence-corrected chi connectivity index (χ4v) is 8.94. The number of hydrogen-bond acceptors (Lipinski definition) is 15. The Hall–Kier alpha value is -6.07. The fraction of sp³-hybridized carbons (Fsp3) is 0.423. The van der Waals surface area contributed by atoms with E-state index in [2.05, 4.69) is 5.32 Å². The molecule has 3 amide bonds. The number of carbonyl (C=O) groups is 5. The Morgan fingerprint density at radius 3 is 1.99 bits per heavy atom. The Labute approximate surface area is 425 Å². The summed E-state index contributed by atoms with van der Waals surface area (Å²) in [5.74, 6) is -7.51. The fourth-order valence-electron chi connectivity index (χ4n) is 7.78. The number of anilines is 1. The van der Waals surface area contributed by atoms with Gasteiger partial charge in [0.1, 0.15) is 23.2 Å². The van der Waals surface area contributed by atoms with E-state index in [-0.39, 0.29) is 90.6 Å². The van der Waals surface area contributed by atoms with Crippen molar-refractivity contribution in [1.29, 1.82) is 0 Å². The number of imide groups is 1. The number of carboxylic acid groups (broad SMARTS) is 1. The molecule has 17 nitrogen and oxygen atoms in total. The third-order valence-electron chi connectivity index (χ3n) is 11.5. The summed E-state index contributed by atoms with van der Waals surface area (Å²) in [7, 11) is 5.41. The van der Waals surface area contributed by atoms with Gasteiger partial charge in [0.05, 0.1) is 91.5 Å². The van der Waals surface area contributed by atoms with Crippen molar-refractivity contribution in [3.63, 3.8) is 0 Å². The van der Waals surface area contributed by atoms with Crippen LogP contribution in [0.2, 0.25) is 6.32 Å². The van der Waals surface area contributed by atoms with E-state index in [0.717, 1.165) is 52.9 Å². The van der Waals surface area contributed by atoms with Crippen LogP contribution in [0.25, 0.3) is 33.4 Å². The number of phenolic OH excluding ortho intramolecular Hbond substituents is 1. The summed E-state index contributed by atoms with van der Waals surface area (Å²) in [6, 6.07) is 17.3. The highest BCUT2D eigenvalue weighted by atomic mass is 32.2. The molecule has 0 saturated carbocycles. The van der Waals surface area contributed by atoms with Crippen molar-refractivity contribution in [1.82, 2.24) is 5.32 Å². The van der Waals surface area contributed by atoms with Gasteiger partial charge in [0.15, 0.2) is 17.4 Å². The number of benzene rings is 4. The molecule has 388 valence electrons. The first-order valence-electron chi connectivity index (χ1n) is 23.8. The van der Waals surface area contributed by atoms with Crippen molar-refractivity contribution in [3.05, 3.63) is 106 Å². The van der Waals surface area contributed by atoms with E-state index in [9.17, 15) is 47.8 Å². The van der Waals surface area contributed by atoms with Crippen LogP contribution in [-0.4, -0.2) is 144 Å². The monoisotopic (exact) mass is 1030 g/mol. The number of Topliss-reactive ketones (excluding diaryl/α,β-unsaturated/α-hetero) is 1. The standard InChI is InChI=1S/C52H57BF2N2O15S/c53-12-4-13-66-15-17-68-19-21-70-23-24-71-22-20-69-18-16-67-14-11-37(58)26-35(25-33-5-2-1-3-6-33)50(62)56-42(52(64)65)32-73-47-31-48(61)57(51(47)63)36-9-7-34(8-10-36)49-38-27-40(54)43(59)29-45(38)72-46-30-44(60)41(55)28-39(46)49/h1-3,5-10,27-30,35,42,47,59H,4,11-26,31-32H2,(H,56,62)(H,64,65)/t35-,42+,47?/m1/s1. The van der Waals surface area contributed by atoms with E-state index < -0.39 is 63.7 Å². The highest BCUT2D eigenvalue weighted by molar-refractivity contribution is 8.00. The highest BCUT2D eigenvalue weighted by Gasteiger charge is 2.41. The normalized spacial score (nSPS) is 14.5. The number of phenols is 1. The van der Waals surface area contributed by atoms with Crippen LogP contribution in [0.5, 0.6) is 5.75 Å². The van der Waals surface area contributed by atoms with Crippen LogP contribution in [-0.2, 0) is 58.8 Å². The van der Waals surface area contributed by atoms with Crippen LogP contribution in [0.15, 0.2) is 88.1 Å². The van der Waals surface area contributed by atoms with Gasteiger partial charge in [0.2, 0.25) is 23.2 Å². The quantitative estimate of drug-likeness (QED) is 0.0196. The molecule has 3 aliphatic rings. The molecule has 2 aliphatic heterocycles. The van der Waals surface area contributed by atoms with Crippen LogP contribution in [0, 0.1) is 17.6 Å². The Bertz CT molecular complexity index is 2660. The molecule has 1 unspecified atom stereocenters. The second-order valence-electron chi connectivity index (χ2n) is 16.8. The van der Waals surface area contributed by atoms with Gasteiger partial charge in [0, 0.05) is 66.2 Å². The predicted octanol–water partition coefficient (Wildman–Crippen LogP) is 5.77. The third-order valence-corrected chi connectivity index (χ3v) is 12.8. The summed E-state index contributed by atoms with van der Waals surface area (Å²) in [5.41, 5.74) is 0.736. The molecular formula is C52H57BF2N2O15S. The van der Waals surface area contributed by atoms with Gasteiger partial charge in [-0.15, -0.1) is 11.8 Å². The molecule has 3 N–H and O–H groups in total. The van der Waals surface area contributed by atoms with Crippen LogP contribution in [0.1, 0.15) is 31.2 Å². The van der Waals surface area contributed by atoms with E-state index >= 15 is 0 Å². The molecule has 3 aromatic rings. The van der Waals surface area contributed by atoms with Crippen molar-refractivity contribution in [2.24, 2.45) is 5.92 Å². The van der Waals surface area contributed by atoms with E-state index in [0.29, 0.717) is 71.3 Å². The number of thioether (sulfide) groups is 1. The maximum atomic E-state index is 14.6. The zero-order valence-electron chi connectivity index (χ0n) is 40.1. The number of carboxylic acids is 1. The van der Waals surface area contributed by atoms with Gasteiger partial charge in [-0.1, -0.05) is 48.8 Å². The average molecular weight is 1030 g/mol. The van der Waals surface area contributed by atoms with Crippen molar-refractivity contribution in [3.8, 4) is 28.2 Å². The lowest BCUT2D eigenvalue weighted by Gasteiger charge is -2.21. The van der Waals surface area contributed by atoms with E-state index in [1.54, 1.807) is 30.3 Å². The van der Waals surface area contributed by atoms with Crippen LogP contribution in [0.3, 0.4) is 0 Å². The zero-order chi connectivity index (χ0) is 52.1. The molecule has 6 rings (SSSR count).